The number of hydrogen-bond donors (Lipinski definition) is 2. The van der Waals surface area contributed by atoms with Gasteiger partial charge in [0.1, 0.15) is 0 Å². The van der Waals surface area contributed by atoms with Crippen LogP contribution in [-0.4, -0.2) is 12.6 Å². The molecule has 0 aromatic heterocycles. The Labute approximate surface area is 95.8 Å². The van der Waals surface area contributed by atoms with Crippen molar-refractivity contribution in [1.29, 1.82) is 0 Å². The second-order valence-corrected chi connectivity index (χ2v) is 4.86. The summed E-state index contributed by atoms with van der Waals surface area (Å²) in [5, 5.41) is 0. The van der Waals surface area contributed by atoms with E-state index in [1.54, 1.807) is 0 Å². The van der Waals surface area contributed by atoms with Gasteiger partial charge in [0, 0.05) is 6.04 Å². The van der Waals surface area contributed by atoms with Gasteiger partial charge < -0.3 is 11.5 Å². The van der Waals surface area contributed by atoms with Gasteiger partial charge in [0.05, 0.1) is 0 Å². The summed E-state index contributed by atoms with van der Waals surface area (Å²) in [4.78, 5) is 0. The molecule has 0 spiro atoms. The molecule has 2 unspecified atom stereocenters. The molecular weight excluding hydrogens is 184 g/mol. The largest absolute Gasteiger partial charge is 0.331 e. The molecule has 0 aromatic rings. The Morgan fingerprint density at radius 3 is 1.73 bits per heavy atom. The molecule has 2 nitrogen and oxygen atoms in total. The molecule has 0 aliphatic heterocycles. The van der Waals surface area contributed by atoms with Crippen LogP contribution in [0, 0.1) is 11.3 Å². The average molecular weight is 214 g/mol. The molecule has 0 radical (unpaired) electrons. The molecule has 0 saturated heterocycles. The Morgan fingerprint density at radius 2 is 1.53 bits per heavy atom. The van der Waals surface area contributed by atoms with Crippen molar-refractivity contribution in [2.75, 3.05) is 6.54 Å². The molecule has 1 rings (SSSR count). The van der Waals surface area contributed by atoms with E-state index in [2.05, 4.69) is 20.8 Å². The van der Waals surface area contributed by atoms with Crippen molar-refractivity contribution in [3.63, 3.8) is 0 Å². The minimum Gasteiger partial charge on any atom is -0.331 e. The molecule has 2 atom stereocenters. The third kappa shape index (κ3) is 4.12. The molecule has 15 heavy (non-hydrogen) atoms. The fourth-order valence-corrected chi connectivity index (χ4v) is 2.73. The smallest absolute Gasteiger partial charge is 0.00725 e. The molecule has 0 aromatic carbocycles. The van der Waals surface area contributed by atoms with Crippen LogP contribution in [-0.2, 0) is 0 Å². The van der Waals surface area contributed by atoms with Crippen LogP contribution in [0.25, 0.3) is 0 Å². The molecular formula is C13H30N2. The van der Waals surface area contributed by atoms with Crippen molar-refractivity contribution in [1.82, 2.24) is 0 Å². The first kappa shape index (κ1) is 14.9. The highest BCUT2D eigenvalue weighted by Crippen LogP contribution is 2.46. The van der Waals surface area contributed by atoms with E-state index < -0.39 is 0 Å². The van der Waals surface area contributed by atoms with Crippen LogP contribution in [0.2, 0.25) is 0 Å². The third-order valence-corrected chi connectivity index (χ3v) is 3.99. The molecule has 0 amide bonds. The Hall–Kier alpha value is -0.0800. The van der Waals surface area contributed by atoms with E-state index in [0.29, 0.717) is 11.5 Å². The zero-order valence-corrected chi connectivity index (χ0v) is 11.1. The normalized spacial score (nSPS) is 28.4. The summed E-state index contributed by atoms with van der Waals surface area (Å²) in [5.41, 5.74) is 11.6. The lowest BCUT2D eigenvalue weighted by Crippen LogP contribution is -2.24. The van der Waals surface area contributed by atoms with Crippen LogP contribution in [0.4, 0.5) is 0 Å². The van der Waals surface area contributed by atoms with Gasteiger partial charge in [0.2, 0.25) is 0 Å². The summed E-state index contributed by atoms with van der Waals surface area (Å²) < 4.78 is 0. The number of nitrogens with two attached hydrogens (primary N) is 2. The van der Waals surface area contributed by atoms with E-state index in [-0.39, 0.29) is 0 Å². The van der Waals surface area contributed by atoms with Crippen LogP contribution < -0.4 is 11.5 Å². The first-order chi connectivity index (χ1) is 7.09. The Kier molecular flexibility index (Phi) is 7.20. The molecule has 1 saturated carbocycles. The Morgan fingerprint density at radius 1 is 1.07 bits per heavy atom. The minimum atomic E-state index is 0.481. The molecule has 0 bridgehead atoms. The van der Waals surface area contributed by atoms with E-state index in [0.717, 1.165) is 12.5 Å². The summed E-state index contributed by atoms with van der Waals surface area (Å²) in [7, 11) is 0. The molecule has 1 aliphatic carbocycles. The van der Waals surface area contributed by atoms with Gasteiger partial charge in [-0.2, -0.15) is 0 Å². The van der Waals surface area contributed by atoms with Crippen molar-refractivity contribution in [2.24, 2.45) is 22.8 Å². The molecule has 2 heteroatoms. The van der Waals surface area contributed by atoms with Crippen molar-refractivity contribution in [2.45, 2.75) is 65.8 Å². The predicted molar refractivity (Wildman–Crippen MR) is 68.7 cm³/mol. The zero-order valence-electron chi connectivity index (χ0n) is 11.1. The summed E-state index contributed by atoms with van der Waals surface area (Å²) in [6.07, 6.45) is 6.53. The van der Waals surface area contributed by atoms with E-state index in [1.807, 2.05) is 6.92 Å². The van der Waals surface area contributed by atoms with E-state index in [4.69, 9.17) is 11.5 Å². The predicted octanol–water partition coefficient (Wildman–Crippen LogP) is 2.91. The van der Waals surface area contributed by atoms with Crippen LogP contribution >= 0.6 is 0 Å². The summed E-state index contributed by atoms with van der Waals surface area (Å²) in [6.45, 7) is 9.55. The first-order valence-corrected chi connectivity index (χ1v) is 6.54. The molecule has 1 aliphatic rings. The van der Waals surface area contributed by atoms with Gasteiger partial charge in [-0.3, -0.25) is 0 Å². The van der Waals surface area contributed by atoms with E-state index >= 15 is 0 Å². The van der Waals surface area contributed by atoms with Crippen LogP contribution in [0.1, 0.15) is 59.8 Å². The summed E-state index contributed by atoms with van der Waals surface area (Å²) in [5.74, 6) is 0.796. The quantitative estimate of drug-likeness (QED) is 0.759. The topological polar surface area (TPSA) is 52.0 Å². The second-order valence-electron chi connectivity index (χ2n) is 4.86. The van der Waals surface area contributed by atoms with Crippen molar-refractivity contribution < 1.29 is 0 Å². The van der Waals surface area contributed by atoms with Gasteiger partial charge >= 0.3 is 0 Å². The lowest BCUT2D eigenvalue weighted by molar-refractivity contribution is 0.258. The van der Waals surface area contributed by atoms with Crippen LogP contribution in [0.3, 0.4) is 0 Å². The molecule has 1 fully saturated rings. The highest BCUT2D eigenvalue weighted by atomic mass is 14.7. The highest BCUT2D eigenvalue weighted by Gasteiger charge is 2.40. The maximum absolute atomic E-state index is 6.12. The molecule has 92 valence electrons. The van der Waals surface area contributed by atoms with Crippen LogP contribution in [0.15, 0.2) is 0 Å². The lowest BCUT2D eigenvalue weighted by Gasteiger charge is -2.25. The SMILES string of the molecule is CCC1CC(CC)(CC)CC1N.CCN. The van der Waals surface area contributed by atoms with E-state index in [1.165, 1.54) is 32.1 Å². The van der Waals surface area contributed by atoms with Gasteiger partial charge in [0.15, 0.2) is 0 Å². The van der Waals surface area contributed by atoms with Gasteiger partial charge in [-0.1, -0.05) is 47.0 Å². The zero-order chi connectivity index (χ0) is 11.9. The monoisotopic (exact) mass is 214 g/mol. The number of rotatable bonds is 3. The summed E-state index contributed by atoms with van der Waals surface area (Å²) >= 11 is 0. The lowest BCUT2D eigenvalue weighted by atomic mass is 9.80. The second kappa shape index (κ2) is 7.24. The van der Waals surface area contributed by atoms with Crippen molar-refractivity contribution >= 4 is 0 Å². The average Bonchev–Trinajstić information content (AvgIpc) is 2.57. The van der Waals surface area contributed by atoms with Gasteiger partial charge in [-0.05, 0) is 30.7 Å². The maximum atomic E-state index is 6.12. The van der Waals surface area contributed by atoms with Gasteiger partial charge in [0.25, 0.3) is 0 Å². The molecule has 4 N–H and O–H groups in total. The van der Waals surface area contributed by atoms with Crippen LogP contribution in [0.5, 0.6) is 0 Å². The minimum absolute atomic E-state index is 0.481. The third-order valence-electron chi connectivity index (χ3n) is 3.99. The molecule has 0 heterocycles. The Bertz CT molecular complexity index is 153. The van der Waals surface area contributed by atoms with Crippen molar-refractivity contribution in [3.8, 4) is 0 Å². The van der Waals surface area contributed by atoms with Crippen molar-refractivity contribution in [3.05, 3.63) is 0 Å². The highest BCUT2D eigenvalue weighted by molar-refractivity contribution is 4.94. The van der Waals surface area contributed by atoms with Gasteiger partial charge in [-0.25, -0.2) is 0 Å². The maximum Gasteiger partial charge on any atom is 0.00725 e. The Balaban J connectivity index is 0.000000583. The first-order valence-electron chi connectivity index (χ1n) is 6.54. The van der Waals surface area contributed by atoms with Gasteiger partial charge in [-0.15, -0.1) is 0 Å². The standard InChI is InChI=1S/C11H23N.C2H7N/c1-4-9-7-11(5-2,6-3)8-10(9)12;1-2-3/h9-10H,4-8,12H2,1-3H3;2-3H2,1H3. The van der Waals surface area contributed by atoms with E-state index in [9.17, 15) is 0 Å². The fraction of sp³-hybridized carbons (Fsp3) is 1.00. The fourth-order valence-electron chi connectivity index (χ4n) is 2.73. The number of hydrogen-bond acceptors (Lipinski definition) is 2. The summed E-state index contributed by atoms with van der Waals surface area (Å²) in [6, 6.07) is 0.481.